The first kappa shape index (κ1) is 14.3. The van der Waals surface area contributed by atoms with Gasteiger partial charge >= 0.3 is 0 Å². The summed E-state index contributed by atoms with van der Waals surface area (Å²) in [6.07, 6.45) is 2.23. The van der Waals surface area contributed by atoms with Crippen molar-refractivity contribution >= 4 is 11.8 Å². The molecule has 1 atom stereocenters. The van der Waals surface area contributed by atoms with E-state index in [0.717, 1.165) is 11.3 Å². The van der Waals surface area contributed by atoms with E-state index in [2.05, 4.69) is 15.7 Å². The van der Waals surface area contributed by atoms with E-state index in [9.17, 15) is 9.59 Å². The Morgan fingerprint density at radius 3 is 2.82 bits per heavy atom. The fourth-order valence-corrected chi connectivity index (χ4v) is 2.74. The Morgan fingerprint density at radius 1 is 1.32 bits per heavy atom. The third-order valence-corrected chi connectivity index (χ3v) is 3.73. The fraction of sp³-hybridized carbons (Fsp3) is 0.312. The molecule has 0 aliphatic carbocycles. The van der Waals surface area contributed by atoms with Crippen LogP contribution in [0.5, 0.6) is 0 Å². The predicted molar refractivity (Wildman–Crippen MR) is 81.1 cm³/mol. The minimum Gasteiger partial charge on any atom is -0.351 e. The lowest BCUT2D eigenvalue weighted by Crippen LogP contribution is -2.34. The van der Waals surface area contributed by atoms with E-state index >= 15 is 0 Å². The molecule has 0 saturated heterocycles. The van der Waals surface area contributed by atoms with E-state index in [0.29, 0.717) is 25.1 Å². The van der Waals surface area contributed by atoms with Crippen LogP contribution in [0.3, 0.4) is 0 Å². The maximum Gasteiger partial charge on any atom is 0.255 e. The van der Waals surface area contributed by atoms with Gasteiger partial charge in [-0.15, -0.1) is 0 Å². The highest BCUT2D eigenvalue weighted by molar-refractivity contribution is 5.95. The first-order valence-electron chi connectivity index (χ1n) is 7.27. The quantitative estimate of drug-likeness (QED) is 0.879. The highest BCUT2D eigenvalue weighted by Crippen LogP contribution is 2.19. The van der Waals surface area contributed by atoms with Crippen LogP contribution in [-0.4, -0.2) is 27.6 Å². The van der Waals surface area contributed by atoms with Gasteiger partial charge in [-0.25, -0.2) is 0 Å². The number of rotatable bonds is 4. The summed E-state index contributed by atoms with van der Waals surface area (Å²) in [4.78, 5) is 23.4. The molecule has 6 heteroatoms. The van der Waals surface area contributed by atoms with E-state index in [1.54, 1.807) is 10.9 Å². The summed E-state index contributed by atoms with van der Waals surface area (Å²) in [5.74, 6) is -0.195. The van der Waals surface area contributed by atoms with Crippen molar-refractivity contribution in [2.45, 2.75) is 32.5 Å². The molecule has 1 aromatic carbocycles. The van der Waals surface area contributed by atoms with Crippen molar-refractivity contribution in [1.29, 1.82) is 0 Å². The van der Waals surface area contributed by atoms with Gasteiger partial charge in [0.2, 0.25) is 5.91 Å². The molecule has 1 aromatic heterocycles. The number of aromatic nitrogens is 2. The van der Waals surface area contributed by atoms with E-state index in [-0.39, 0.29) is 17.9 Å². The second-order valence-electron chi connectivity index (χ2n) is 5.46. The molecule has 2 aromatic rings. The molecule has 3 rings (SSSR count). The number of fused-ring (bicyclic) bond motifs is 1. The summed E-state index contributed by atoms with van der Waals surface area (Å²) in [5.41, 5.74) is 2.52. The Hall–Kier alpha value is -2.63. The standard InChI is InChI=1S/C16H18N4O2/c1-11(21)19-13-7-15-14(9-18-20(15)10-13)16(22)17-8-12-5-3-2-4-6-12/h2-6,9,13H,7-8,10H2,1H3,(H,17,22)(H,19,21)/t13-/m0/s1. The normalized spacial score (nSPS) is 16.1. The molecule has 2 amide bonds. The Labute approximate surface area is 128 Å². The molecule has 0 bridgehead atoms. The van der Waals surface area contributed by atoms with Gasteiger partial charge in [-0.05, 0) is 5.56 Å². The smallest absolute Gasteiger partial charge is 0.255 e. The molecule has 0 unspecified atom stereocenters. The topological polar surface area (TPSA) is 76.0 Å². The third-order valence-electron chi connectivity index (χ3n) is 3.73. The minimum absolute atomic E-state index is 0.0156. The summed E-state index contributed by atoms with van der Waals surface area (Å²) < 4.78 is 1.79. The summed E-state index contributed by atoms with van der Waals surface area (Å²) in [6.45, 7) is 2.59. The van der Waals surface area contributed by atoms with Crippen LogP contribution < -0.4 is 10.6 Å². The van der Waals surface area contributed by atoms with Gasteiger partial charge < -0.3 is 10.6 Å². The van der Waals surface area contributed by atoms with Crippen molar-refractivity contribution < 1.29 is 9.59 Å². The Bertz CT molecular complexity index is 693. The second-order valence-corrected chi connectivity index (χ2v) is 5.46. The van der Waals surface area contributed by atoms with Gasteiger partial charge in [-0.2, -0.15) is 5.10 Å². The van der Waals surface area contributed by atoms with Crippen LogP contribution in [0.25, 0.3) is 0 Å². The zero-order chi connectivity index (χ0) is 15.5. The molecule has 1 aliphatic heterocycles. The second kappa shape index (κ2) is 6.01. The molecule has 0 radical (unpaired) electrons. The average Bonchev–Trinajstić information content (AvgIpc) is 3.05. The van der Waals surface area contributed by atoms with E-state index in [1.807, 2.05) is 30.3 Å². The van der Waals surface area contributed by atoms with Crippen LogP contribution in [0.2, 0.25) is 0 Å². The lowest BCUT2D eigenvalue weighted by molar-refractivity contribution is -0.119. The summed E-state index contributed by atoms with van der Waals surface area (Å²) in [6, 6.07) is 9.78. The highest BCUT2D eigenvalue weighted by Gasteiger charge is 2.28. The number of hydrogen-bond donors (Lipinski definition) is 2. The van der Waals surface area contributed by atoms with Crippen LogP contribution in [0, 0.1) is 0 Å². The van der Waals surface area contributed by atoms with Gasteiger partial charge in [0.05, 0.1) is 30.0 Å². The lowest BCUT2D eigenvalue weighted by atomic mass is 10.1. The summed E-state index contributed by atoms with van der Waals surface area (Å²) in [7, 11) is 0. The first-order valence-corrected chi connectivity index (χ1v) is 7.27. The average molecular weight is 298 g/mol. The zero-order valence-electron chi connectivity index (χ0n) is 12.4. The number of hydrogen-bond acceptors (Lipinski definition) is 3. The molecule has 0 saturated carbocycles. The van der Waals surface area contributed by atoms with Gasteiger partial charge in [-0.3, -0.25) is 14.3 Å². The van der Waals surface area contributed by atoms with Gasteiger partial charge in [0.25, 0.3) is 5.91 Å². The first-order chi connectivity index (χ1) is 10.6. The SMILES string of the molecule is CC(=O)N[C@H]1Cc2c(C(=O)NCc3ccccc3)cnn2C1. The van der Waals surface area contributed by atoms with Crippen molar-refractivity contribution in [2.75, 3.05) is 0 Å². The molecule has 114 valence electrons. The summed E-state index contributed by atoms with van der Waals surface area (Å²) >= 11 is 0. The number of amides is 2. The predicted octanol–water partition coefficient (Wildman–Crippen LogP) is 0.874. The Balaban J connectivity index is 1.65. The van der Waals surface area contributed by atoms with Crippen LogP contribution >= 0.6 is 0 Å². The van der Waals surface area contributed by atoms with E-state index in [4.69, 9.17) is 0 Å². The largest absolute Gasteiger partial charge is 0.351 e. The van der Waals surface area contributed by atoms with E-state index < -0.39 is 0 Å². The number of carbonyl (C=O) groups excluding carboxylic acids is 2. The number of benzene rings is 1. The molecule has 6 nitrogen and oxygen atoms in total. The van der Waals surface area contributed by atoms with Crippen LogP contribution in [0.4, 0.5) is 0 Å². The van der Waals surface area contributed by atoms with Crippen LogP contribution in [-0.2, 0) is 24.3 Å². The third kappa shape index (κ3) is 3.00. The molecule has 1 aliphatic rings. The minimum atomic E-state index is -0.131. The van der Waals surface area contributed by atoms with Crippen molar-refractivity contribution in [3.8, 4) is 0 Å². The highest BCUT2D eigenvalue weighted by atomic mass is 16.2. The molecule has 22 heavy (non-hydrogen) atoms. The molecule has 2 N–H and O–H groups in total. The van der Waals surface area contributed by atoms with Crippen molar-refractivity contribution in [3.05, 3.63) is 53.3 Å². The van der Waals surface area contributed by atoms with Crippen molar-refractivity contribution in [2.24, 2.45) is 0 Å². The zero-order valence-corrected chi connectivity index (χ0v) is 12.4. The lowest BCUT2D eigenvalue weighted by Gasteiger charge is -2.09. The summed E-state index contributed by atoms with van der Waals surface area (Å²) in [5, 5.41) is 10.0. The molecular formula is C16H18N4O2. The number of nitrogens with zero attached hydrogens (tertiary/aromatic N) is 2. The molecule has 2 heterocycles. The van der Waals surface area contributed by atoms with Gasteiger partial charge in [0.15, 0.2) is 0 Å². The number of carbonyl (C=O) groups is 2. The maximum atomic E-state index is 12.3. The maximum absolute atomic E-state index is 12.3. The van der Waals surface area contributed by atoms with E-state index in [1.165, 1.54) is 6.92 Å². The van der Waals surface area contributed by atoms with Crippen LogP contribution in [0.15, 0.2) is 36.5 Å². The Morgan fingerprint density at radius 2 is 2.09 bits per heavy atom. The monoisotopic (exact) mass is 298 g/mol. The number of nitrogens with one attached hydrogen (secondary N) is 2. The fourth-order valence-electron chi connectivity index (χ4n) is 2.74. The molecule has 0 spiro atoms. The van der Waals surface area contributed by atoms with Crippen LogP contribution in [0.1, 0.15) is 28.5 Å². The van der Waals surface area contributed by atoms with Crippen molar-refractivity contribution in [3.63, 3.8) is 0 Å². The molecule has 0 fully saturated rings. The molecular weight excluding hydrogens is 280 g/mol. The van der Waals surface area contributed by atoms with Gasteiger partial charge in [0.1, 0.15) is 0 Å². The van der Waals surface area contributed by atoms with Gasteiger partial charge in [0, 0.05) is 19.9 Å². The Kier molecular flexibility index (Phi) is 3.91. The van der Waals surface area contributed by atoms with Gasteiger partial charge in [-0.1, -0.05) is 30.3 Å². The van der Waals surface area contributed by atoms with Crippen molar-refractivity contribution in [1.82, 2.24) is 20.4 Å².